The number of aliphatic hydroxyl groups is 1. The van der Waals surface area contributed by atoms with Gasteiger partial charge in [-0.05, 0) is 31.5 Å². The molecule has 1 N–H and O–H groups in total. The minimum absolute atomic E-state index is 0.0494. The number of hydrogen-bond acceptors (Lipinski definition) is 3. The van der Waals surface area contributed by atoms with Gasteiger partial charge in [-0.3, -0.25) is 0 Å². The van der Waals surface area contributed by atoms with Crippen LogP contribution >= 0.6 is 0 Å². The van der Waals surface area contributed by atoms with E-state index in [1.807, 2.05) is 12.1 Å². The van der Waals surface area contributed by atoms with E-state index in [4.69, 9.17) is 9.47 Å². The van der Waals surface area contributed by atoms with E-state index >= 15 is 0 Å². The van der Waals surface area contributed by atoms with Gasteiger partial charge in [0.1, 0.15) is 18.1 Å². The van der Waals surface area contributed by atoms with E-state index in [2.05, 4.69) is 32.0 Å². The number of methoxy groups -OCH3 is 1. The molecule has 106 valence electrons. The smallest absolute Gasteiger partial charge is 0.129 e. The molecule has 0 amide bonds. The fraction of sp³-hybridized carbons (Fsp3) is 0.294. The van der Waals surface area contributed by atoms with Gasteiger partial charge in [-0.1, -0.05) is 29.3 Å². The summed E-state index contributed by atoms with van der Waals surface area (Å²) in [4.78, 5) is 0. The Morgan fingerprint density at radius 1 is 1.00 bits per heavy atom. The molecule has 20 heavy (non-hydrogen) atoms. The average Bonchev–Trinajstić information content (AvgIpc) is 2.43. The zero-order valence-corrected chi connectivity index (χ0v) is 12.1. The molecule has 2 aromatic carbocycles. The molecule has 3 nitrogen and oxygen atoms in total. The molecule has 0 atom stereocenters. The molecule has 0 aliphatic rings. The molecule has 0 heterocycles. The van der Waals surface area contributed by atoms with Crippen molar-refractivity contribution >= 4 is 0 Å². The van der Waals surface area contributed by atoms with Gasteiger partial charge in [0.15, 0.2) is 0 Å². The predicted molar refractivity (Wildman–Crippen MR) is 79.2 cm³/mol. The fourth-order valence-corrected chi connectivity index (χ4v) is 2.24. The molecule has 0 bridgehead atoms. The van der Waals surface area contributed by atoms with Crippen molar-refractivity contribution in [1.82, 2.24) is 0 Å². The van der Waals surface area contributed by atoms with E-state index in [1.165, 1.54) is 11.1 Å². The molecule has 0 aliphatic carbocycles. The maximum absolute atomic E-state index is 9.35. The summed E-state index contributed by atoms with van der Waals surface area (Å²) in [5.74, 6) is 1.38. The standard InChI is InChI=1S/C17H20O3/c1-12-6-13(2)8-14(7-12)11-20-17-9-16(19-3)5-4-15(17)10-18/h4-9,18H,10-11H2,1-3H3. The lowest BCUT2D eigenvalue weighted by Gasteiger charge is -2.12. The highest BCUT2D eigenvalue weighted by atomic mass is 16.5. The highest BCUT2D eigenvalue weighted by molar-refractivity contribution is 5.40. The Morgan fingerprint density at radius 3 is 2.30 bits per heavy atom. The Morgan fingerprint density at radius 2 is 1.70 bits per heavy atom. The maximum atomic E-state index is 9.35. The second-order valence-corrected chi connectivity index (χ2v) is 4.92. The predicted octanol–water partition coefficient (Wildman–Crippen LogP) is 3.38. The van der Waals surface area contributed by atoms with Crippen LogP contribution < -0.4 is 9.47 Å². The SMILES string of the molecule is COc1ccc(CO)c(OCc2cc(C)cc(C)c2)c1. The Hall–Kier alpha value is -2.00. The van der Waals surface area contributed by atoms with Gasteiger partial charge in [0, 0.05) is 11.6 Å². The summed E-state index contributed by atoms with van der Waals surface area (Å²) in [6, 6.07) is 11.8. The highest BCUT2D eigenvalue weighted by Crippen LogP contribution is 2.26. The van der Waals surface area contributed by atoms with Crippen LogP contribution in [0.1, 0.15) is 22.3 Å². The van der Waals surface area contributed by atoms with Gasteiger partial charge in [0.05, 0.1) is 13.7 Å². The minimum Gasteiger partial charge on any atom is -0.497 e. The third-order valence-corrected chi connectivity index (χ3v) is 3.12. The molecule has 0 unspecified atom stereocenters. The van der Waals surface area contributed by atoms with Crippen LogP contribution in [-0.2, 0) is 13.2 Å². The molecular formula is C17H20O3. The van der Waals surface area contributed by atoms with E-state index in [0.717, 1.165) is 16.9 Å². The number of aryl methyl sites for hydroxylation is 2. The van der Waals surface area contributed by atoms with Crippen LogP contribution in [-0.4, -0.2) is 12.2 Å². The van der Waals surface area contributed by atoms with E-state index in [0.29, 0.717) is 12.4 Å². The summed E-state index contributed by atoms with van der Waals surface area (Å²) in [6.07, 6.45) is 0. The lowest BCUT2D eigenvalue weighted by Crippen LogP contribution is -2.00. The Balaban J connectivity index is 2.17. The van der Waals surface area contributed by atoms with Gasteiger partial charge in [-0.2, -0.15) is 0 Å². The van der Waals surface area contributed by atoms with E-state index in [9.17, 15) is 5.11 Å². The monoisotopic (exact) mass is 272 g/mol. The third-order valence-electron chi connectivity index (χ3n) is 3.12. The molecule has 0 saturated carbocycles. The van der Waals surface area contributed by atoms with Crippen molar-refractivity contribution in [3.63, 3.8) is 0 Å². The van der Waals surface area contributed by atoms with Crippen LogP contribution in [0.4, 0.5) is 0 Å². The Bertz CT molecular complexity index is 571. The molecule has 2 rings (SSSR count). The second-order valence-electron chi connectivity index (χ2n) is 4.92. The van der Waals surface area contributed by atoms with Crippen LogP contribution in [0.25, 0.3) is 0 Å². The van der Waals surface area contributed by atoms with Crippen LogP contribution in [0, 0.1) is 13.8 Å². The van der Waals surface area contributed by atoms with E-state index < -0.39 is 0 Å². The molecule has 0 aliphatic heterocycles. The summed E-state index contributed by atoms with van der Waals surface area (Å²) in [7, 11) is 1.61. The molecular weight excluding hydrogens is 252 g/mol. The summed E-state index contributed by atoms with van der Waals surface area (Å²) in [5, 5.41) is 9.35. The summed E-state index contributed by atoms with van der Waals surface area (Å²) in [5.41, 5.74) is 4.32. The average molecular weight is 272 g/mol. The molecule has 0 spiro atoms. The van der Waals surface area contributed by atoms with Crippen molar-refractivity contribution in [2.24, 2.45) is 0 Å². The first-order chi connectivity index (χ1) is 9.62. The number of aliphatic hydroxyl groups excluding tert-OH is 1. The van der Waals surface area contributed by atoms with Crippen molar-refractivity contribution in [3.8, 4) is 11.5 Å². The number of ether oxygens (including phenoxy) is 2. The molecule has 3 heteroatoms. The van der Waals surface area contributed by atoms with Crippen molar-refractivity contribution in [1.29, 1.82) is 0 Å². The largest absolute Gasteiger partial charge is 0.497 e. The van der Waals surface area contributed by atoms with Crippen LogP contribution in [0.5, 0.6) is 11.5 Å². The summed E-state index contributed by atoms with van der Waals surface area (Å²) < 4.78 is 11.0. The van der Waals surface area contributed by atoms with Crippen molar-refractivity contribution in [2.45, 2.75) is 27.1 Å². The van der Waals surface area contributed by atoms with Gasteiger partial charge in [-0.15, -0.1) is 0 Å². The summed E-state index contributed by atoms with van der Waals surface area (Å²) >= 11 is 0. The first-order valence-electron chi connectivity index (χ1n) is 6.60. The lowest BCUT2D eigenvalue weighted by molar-refractivity contribution is 0.258. The third kappa shape index (κ3) is 3.52. The Kier molecular flexibility index (Phi) is 4.64. The van der Waals surface area contributed by atoms with Crippen molar-refractivity contribution in [2.75, 3.05) is 7.11 Å². The fourth-order valence-electron chi connectivity index (χ4n) is 2.24. The molecule has 0 radical (unpaired) electrons. The van der Waals surface area contributed by atoms with Gasteiger partial charge in [-0.25, -0.2) is 0 Å². The highest BCUT2D eigenvalue weighted by Gasteiger charge is 2.06. The summed E-state index contributed by atoms with van der Waals surface area (Å²) in [6.45, 7) is 4.57. The van der Waals surface area contributed by atoms with Gasteiger partial charge in [0.2, 0.25) is 0 Å². The van der Waals surface area contributed by atoms with Gasteiger partial charge in [0.25, 0.3) is 0 Å². The molecule has 0 saturated heterocycles. The van der Waals surface area contributed by atoms with Crippen LogP contribution in [0.15, 0.2) is 36.4 Å². The second kappa shape index (κ2) is 6.44. The maximum Gasteiger partial charge on any atom is 0.129 e. The normalized spacial score (nSPS) is 10.4. The van der Waals surface area contributed by atoms with Crippen molar-refractivity contribution < 1.29 is 14.6 Å². The van der Waals surface area contributed by atoms with Crippen LogP contribution in [0.2, 0.25) is 0 Å². The lowest BCUT2D eigenvalue weighted by atomic mass is 10.1. The van der Waals surface area contributed by atoms with E-state index in [-0.39, 0.29) is 6.61 Å². The molecule has 0 aromatic heterocycles. The molecule has 0 fully saturated rings. The topological polar surface area (TPSA) is 38.7 Å². The zero-order valence-electron chi connectivity index (χ0n) is 12.1. The first-order valence-corrected chi connectivity index (χ1v) is 6.60. The van der Waals surface area contributed by atoms with E-state index in [1.54, 1.807) is 13.2 Å². The minimum atomic E-state index is -0.0494. The van der Waals surface area contributed by atoms with Crippen molar-refractivity contribution in [3.05, 3.63) is 58.7 Å². The number of rotatable bonds is 5. The quantitative estimate of drug-likeness (QED) is 0.906. The van der Waals surface area contributed by atoms with Crippen LogP contribution in [0.3, 0.4) is 0 Å². The Labute approximate surface area is 119 Å². The number of hydrogen-bond donors (Lipinski definition) is 1. The van der Waals surface area contributed by atoms with Gasteiger partial charge >= 0.3 is 0 Å². The van der Waals surface area contributed by atoms with Gasteiger partial charge < -0.3 is 14.6 Å². The molecule has 2 aromatic rings. The zero-order chi connectivity index (χ0) is 14.5. The number of benzene rings is 2. The first kappa shape index (κ1) is 14.4.